The molecule has 226 valence electrons. The molecule has 2 aliphatic rings. The van der Waals surface area contributed by atoms with E-state index >= 15 is 0 Å². The highest BCUT2D eigenvalue weighted by Gasteiger charge is 2.36. The number of hydrogen-bond acceptors (Lipinski definition) is 6. The molecule has 0 radical (unpaired) electrons. The van der Waals surface area contributed by atoms with Crippen LogP contribution in [-0.4, -0.2) is 34.9 Å². The summed E-state index contributed by atoms with van der Waals surface area (Å²) in [7, 11) is 0. The lowest BCUT2D eigenvalue weighted by atomic mass is 9.83. The van der Waals surface area contributed by atoms with Gasteiger partial charge in [0.25, 0.3) is 0 Å². The van der Waals surface area contributed by atoms with Crippen molar-refractivity contribution in [2.45, 2.75) is 45.8 Å². The van der Waals surface area contributed by atoms with Crippen molar-refractivity contribution < 1.29 is 29.3 Å². The van der Waals surface area contributed by atoms with Gasteiger partial charge in [0.2, 0.25) is 0 Å². The summed E-state index contributed by atoms with van der Waals surface area (Å²) in [5, 5.41) is 23.1. The summed E-state index contributed by atoms with van der Waals surface area (Å²) < 4.78 is 13.1. The van der Waals surface area contributed by atoms with E-state index in [1.54, 1.807) is 0 Å². The summed E-state index contributed by atoms with van der Waals surface area (Å²) in [6.07, 6.45) is 2.45. The van der Waals surface area contributed by atoms with Crippen LogP contribution < -0.4 is 20.1 Å². The summed E-state index contributed by atoms with van der Waals surface area (Å²) in [6.45, 7) is 4.21. The van der Waals surface area contributed by atoms with E-state index in [0.29, 0.717) is 30.0 Å². The van der Waals surface area contributed by atoms with Crippen molar-refractivity contribution in [1.29, 1.82) is 0 Å². The maximum Gasteiger partial charge on any atom is 0.305 e. The van der Waals surface area contributed by atoms with Crippen molar-refractivity contribution >= 4 is 39.2 Å². The van der Waals surface area contributed by atoms with Crippen LogP contribution in [0, 0.1) is 11.8 Å². The summed E-state index contributed by atoms with van der Waals surface area (Å²) in [5.74, 6) is 0.189. The Morgan fingerprint density at radius 1 is 0.909 bits per heavy atom. The molecule has 2 heterocycles. The number of nitrogens with two attached hydrogens (primary N) is 1. The predicted octanol–water partition coefficient (Wildman–Crippen LogP) is 6.86. The Kier molecular flexibility index (Phi) is 7.91. The van der Waals surface area contributed by atoms with E-state index < -0.39 is 18.2 Å². The van der Waals surface area contributed by atoms with Crippen LogP contribution in [0.4, 0.5) is 5.69 Å². The van der Waals surface area contributed by atoms with Crippen molar-refractivity contribution in [1.82, 2.24) is 0 Å². The fraction of sp³-hybridized carbons (Fsp3) is 0.278. The molecule has 3 unspecified atom stereocenters. The molecule has 0 saturated heterocycles. The van der Waals surface area contributed by atoms with Gasteiger partial charge in [-0.1, -0.05) is 73.7 Å². The average Bonchev–Trinajstić information content (AvgIpc) is 3.34. The minimum atomic E-state index is -0.891. The van der Waals surface area contributed by atoms with Crippen molar-refractivity contribution in [2.75, 3.05) is 11.4 Å². The second kappa shape index (κ2) is 12.0. The van der Waals surface area contributed by atoms with Crippen LogP contribution in [0.5, 0.6) is 11.5 Å². The molecule has 4 aromatic rings. The van der Waals surface area contributed by atoms with Crippen molar-refractivity contribution in [2.24, 2.45) is 17.6 Å². The second-order valence-corrected chi connectivity index (χ2v) is 11.7. The summed E-state index contributed by atoms with van der Waals surface area (Å²) in [5.41, 5.74) is 9.91. The maximum atomic E-state index is 11.7. The first kappa shape index (κ1) is 29.1. The van der Waals surface area contributed by atoms with E-state index in [-0.39, 0.29) is 31.2 Å². The molecule has 8 heteroatoms. The number of ether oxygens (including phenoxy) is 2. The number of allylic oxidation sites excluding steroid dienone is 2. The van der Waals surface area contributed by atoms with Gasteiger partial charge in [-0.05, 0) is 59.7 Å². The first-order valence-electron chi connectivity index (χ1n) is 15.0. The lowest BCUT2D eigenvalue weighted by molar-refractivity contribution is -0.138. The Morgan fingerprint density at radius 3 is 2.23 bits per heavy atom. The molecule has 44 heavy (non-hydrogen) atoms. The van der Waals surface area contributed by atoms with Gasteiger partial charge in [-0.2, -0.15) is 0 Å². The van der Waals surface area contributed by atoms with Gasteiger partial charge in [0, 0.05) is 29.7 Å². The highest BCUT2D eigenvalue weighted by atomic mass is 16.5. The van der Waals surface area contributed by atoms with Crippen LogP contribution in [0.3, 0.4) is 0 Å². The van der Waals surface area contributed by atoms with E-state index in [0.717, 1.165) is 44.1 Å². The van der Waals surface area contributed by atoms with Crippen molar-refractivity contribution in [3.8, 4) is 11.5 Å². The smallest absolute Gasteiger partial charge is 0.305 e. The molecule has 8 nitrogen and oxygen atoms in total. The van der Waals surface area contributed by atoms with Crippen LogP contribution in [0.25, 0.3) is 21.5 Å². The molecular formula is C36H36N2O6. The number of rotatable bonds is 8. The monoisotopic (exact) mass is 592 g/mol. The van der Waals surface area contributed by atoms with Crippen LogP contribution in [0.2, 0.25) is 0 Å². The third kappa shape index (κ3) is 5.43. The first-order chi connectivity index (χ1) is 21.2. The molecule has 4 N–H and O–H groups in total. The molecule has 0 saturated carbocycles. The van der Waals surface area contributed by atoms with E-state index in [2.05, 4.69) is 12.1 Å². The number of anilines is 1. The molecule has 4 aromatic carbocycles. The predicted molar refractivity (Wildman–Crippen MR) is 171 cm³/mol. The van der Waals surface area contributed by atoms with Gasteiger partial charge in [-0.3, -0.25) is 9.59 Å². The number of hydrogen-bond donors (Lipinski definition) is 3. The van der Waals surface area contributed by atoms with Crippen LogP contribution in [0.1, 0.15) is 38.7 Å². The number of fused-ring (bicyclic) bond motifs is 7. The molecule has 0 amide bonds. The normalized spacial score (nSPS) is 20.8. The lowest BCUT2D eigenvalue weighted by Crippen LogP contribution is -2.37. The van der Waals surface area contributed by atoms with Gasteiger partial charge in [-0.25, -0.2) is 0 Å². The number of carboxylic acid groups (broad SMARTS) is 2. The Bertz CT molecular complexity index is 1830. The van der Waals surface area contributed by atoms with Gasteiger partial charge in [0.15, 0.2) is 12.0 Å². The third-order valence-electron chi connectivity index (χ3n) is 8.81. The largest absolute Gasteiger partial charge is 0.481 e. The Balaban J connectivity index is 1.43. The minimum absolute atomic E-state index is 0.0220. The third-order valence-corrected chi connectivity index (χ3v) is 8.81. The topological polar surface area (TPSA) is 122 Å². The summed E-state index contributed by atoms with van der Waals surface area (Å²) in [4.78, 5) is 25.2. The van der Waals surface area contributed by atoms with E-state index in [4.69, 9.17) is 15.2 Å². The zero-order chi connectivity index (χ0) is 31.0. The van der Waals surface area contributed by atoms with Crippen LogP contribution in [0.15, 0.2) is 95.9 Å². The minimum Gasteiger partial charge on any atom is -0.481 e. The van der Waals surface area contributed by atoms with E-state index in [9.17, 15) is 19.8 Å². The molecular weight excluding hydrogens is 556 g/mol. The molecule has 0 spiro atoms. The lowest BCUT2D eigenvalue weighted by Gasteiger charge is -2.27. The Hall–Kier alpha value is -4.98. The molecule has 0 aromatic heterocycles. The molecule has 0 fully saturated rings. The number of carbonyl (C=O) groups is 2. The SMILES string of the molecule is C/C(=C\C(N)=C1/Oc2ccccc2CC(CCC(=O)O)C1C)C1Oc2c(c3ccccc3c3ccccc23)N1CCC(=O)O. The second-order valence-electron chi connectivity index (χ2n) is 11.7. The van der Waals surface area contributed by atoms with E-state index in [1.165, 1.54) is 0 Å². The zero-order valence-corrected chi connectivity index (χ0v) is 24.8. The number of aliphatic carboxylic acids is 2. The van der Waals surface area contributed by atoms with Crippen LogP contribution >= 0.6 is 0 Å². The number of carboxylic acids is 2. The van der Waals surface area contributed by atoms with Gasteiger partial charge < -0.3 is 30.3 Å². The molecule has 0 bridgehead atoms. The highest BCUT2D eigenvalue weighted by Crippen LogP contribution is 2.50. The zero-order valence-electron chi connectivity index (χ0n) is 24.8. The van der Waals surface area contributed by atoms with Crippen molar-refractivity contribution in [3.05, 3.63) is 101 Å². The quantitative estimate of drug-likeness (QED) is 0.190. The maximum absolute atomic E-state index is 11.7. The van der Waals surface area contributed by atoms with Gasteiger partial charge >= 0.3 is 11.9 Å². The summed E-state index contributed by atoms with van der Waals surface area (Å²) in [6, 6.07) is 24.0. The van der Waals surface area contributed by atoms with Crippen LogP contribution in [-0.2, 0) is 16.0 Å². The standard InChI is InChI=1S/C36H36N2O6/c1-21(19-29(37)34-22(2)23(15-16-31(39)40)20-24-9-3-8-14-30(24)43-34)36-38(18-17-32(41)42)33-27-12-6-4-10-25(27)26-11-5-7-13-28(26)35(33)44-36/h3-14,19,22-23,36H,15-18,20,37H2,1-2H3,(H,39,40)(H,41,42)/b21-19+,34-29+. The van der Waals surface area contributed by atoms with Gasteiger partial charge in [-0.15, -0.1) is 0 Å². The number of benzene rings is 4. The fourth-order valence-corrected chi connectivity index (χ4v) is 6.60. The molecule has 6 rings (SSSR count). The van der Waals surface area contributed by atoms with E-state index in [1.807, 2.05) is 85.5 Å². The molecule has 2 aliphatic heterocycles. The molecule has 0 aliphatic carbocycles. The Morgan fingerprint density at radius 2 is 1.52 bits per heavy atom. The van der Waals surface area contributed by atoms with Gasteiger partial charge in [0.05, 0.1) is 17.8 Å². The van der Waals surface area contributed by atoms with Gasteiger partial charge in [0.1, 0.15) is 11.5 Å². The van der Waals surface area contributed by atoms with Crippen molar-refractivity contribution in [3.63, 3.8) is 0 Å². The summed E-state index contributed by atoms with van der Waals surface area (Å²) >= 11 is 0. The average molecular weight is 593 g/mol. The highest BCUT2D eigenvalue weighted by molar-refractivity contribution is 6.17. The number of para-hydroxylation sites is 1. The Labute approximate surface area is 256 Å². The fourth-order valence-electron chi connectivity index (χ4n) is 6.60. The molecule has 3 atom stereocenters. The first-order valence-corrected chi connectivity index (χ1v) is 15.0. The number of nitrogens with zero attached hydrogens (tertiary/aromatic N) is 1.